The molecule has 22 heavy (non-hydrogen) atoms. The van der Waals surface area contributed by atoms with Crippen molar-refractivity contribution >= 4 is 17.7 Å². The summed E-state index contributed by atoms with van der Waals surface area (Å²) in [5.41, 5.74) is -0.0508. The molecule has 1 heterocycles. The van der Waals surface area contributed by atoms with E-state index in [4.69, 9.17) is 0 Å². The molecule has 1 aliphatic heterocycles. The molecule has 7 heteroatoms. The zero-order valence-corrected chi connectivity index (χ0v) is 13.2. The molecule has 1 aromatic carbocycles. The third-order valence-electron chi connectivity index (χ3n) is 3.46. The lowest BCUT2D eigenvalue weighted by Gasteiger charge is -2.15. The van der Waals surface area contributed by atoms with Crippen LogP contribution in [-0.4, -0.2) is 30.6 Å². The highest BCUT2D eigenvalue weighted by atomic mass is 32.2. The largest absolute Gasteiger partial charge is 0.416 e. The number of hydrogen-bond acceptors (Lipinski definition) is 2. The monoisotopic (exact) mass is 331 g/mol. The van der Waals surface area contributed by atoms with E-state index in [1.54, 1.807) is 13.1 Å². The summed E-state index contributed by atoms with van der Waals surface area (Å²) in [6, 6.07) is 5.33. The molecule has 0 aromatic heterocycles. The van der Waals surface area contributed by atoms with E-state index in [0.717, 1.165) is 18.7 Å². The Labute approximate surface area is 132 Å². The molecule has 1 aromatic rings. The number of nitrogens with one attached hydrogen (secondary N) is 2. The van der Waals surface area contributed by atoms with Crippen LogP contribution in [-0.2, 0) is 12.7 Å². The second-order valence-electron chi connectivity index (χ2n) is 5.14. The van der Waals surface area contributed by atoms with Crippen LogP contribution in [0.1, 0.15) is 24.0 Å². The Morgan fingerprint density at radius 2 is 2.18 bits per heavy atom. The van der Waals surface area contributed by atoms with Gasteiger partial charge in [0.15, 0.2) is 5.96 Å². The molecular formula is C15H20F3N3S. The fraction of sp³-hybridized carbons (Fsp3) is 0.533. The fourth-order valence-corrected chi connectivity index (χ4v) is 3.48. The molecule has 1 atom stereocenters. The van der Waals surface area contributed by atoms with E-state index in [2.05, 4.69) is 15.6 Å². The molecule has 0 saturated carbocycles. The van der Waals surface area contributed by atoms with Crippen molar-refractivity contribution in [1.29, 1.82) is 0 Å². The van der Waals surface area contributed by atoms with E-state index in [0.29, 0.717) is 23.3 Å². The van der Waals surface area contributed by atoms with Gasteiger partial charge in [0.05, 0.1) is 5.56 Å². The zero-order valence-electron chi connectivity index (χ0n) is 12.4. The van der Waals surface area contributed by atoms with Gasteiger partial charge in [-0.25, -0.2) is 0 Å². The summed E-state index contributed by atoms with van der Waals surface area (Å²) in [6.45, 7) is 1.13. The van der Waals surface area contributed by atoms with E-state index in [1.165, 1.54) is 24.7 Å². The minimum atomic E-state index is -4.31. The van der Waals surface area contributed by atoms with Crippen molar-refractivity contribution in [2.75, 3.05) is 19.3 Å². The van der Waals surface area contributed by atoms with E-state index in [-0.39, 0.29) is 0 Å². The highest BCUT2D eigenvalue weighted by Gasteiger charge is 2.30. The van der Waals surface area contributed by atoms with Gasteiger partial charge >= 0.3 is 6.18 Å². The van der Waals surface area contributed by atoms with Gasteiger partial charge in [-0.1, -0.05) is 12.1 Å². The van der Waals surface area contributed by atoms with E-state index in [1.807, 2.05) is 11.8 Å². The van der Waals surface area contributed by atoms with Crippen LogP contribution in [0, 0.1) is 0 Å². The smallest absolute Gasteiger partial charge is 0.355 e. The summed E-state index contributed by atoms with van der Waals surface area (Å²) >= 11 is 1.94. The van der Waals surface area contributed by atoms with Crippen molar-refractivity contribution in [3.63, 3.8) is 0 Å². The van der Waals surface area contributed by atoms with Crippen molar-refractivity contribution in [3.05, 3.63) is 35.4 Å². The molecular weight excluding hydrogens is 311 g/mol. The van der Waals surface area contributed by atoms with Crippen molar-refractivity contribution in [1.82, 2.24) is 10.6 Å². The van der Waals surface area contributed by atoms with E-state index in [9.17, 15) is 13.2 Å². The Morgan fingerprint density at radius 1 is 1.36 bits per heavy atom. The minimum Gasteiger partial charge on any atom is -0.355 e. The highest BCUT2D eigenvalue weighted by Crippen LogP contribution is 2.29. The maximum atomic E-state index is 12.7. The summed E-state index contributed by atoms with van der Waals surface area (Å²) in [4.78, 5) is 4.10. The lowest BCUT2D eigenvalue weighted by atomic mass is 10.1. The van der Waals surface area contributed by atoms with Crippen molar-refractivity contribution in [2.24, 2.45) is 4.99 Å². The Kier molecular flexibility index (Phi) is 5.99. The molecule has 2 rings (SSSR count). The lowest BCUT2D eigenvalue weighted by Crippen LogP contribution is -2.39. The molecule has 1 saturated heterocycles. The molecule has 0 spiro atoms. The SMILES string of the molecule is CN=C(NCc1cccc(C(F)(F)F)c1)NCC1CCCS1. The average molecular weight is 331 g/mol. The average Bonchev–Trinajstić information content (AvgIpc) is 3.00. The summed E-state index contributed by atoms with van der Waals surface area (Å²) in [7, 11) is 1.66. The number of alkyl halides is 3. The molecule has 3 nitrogen and oxygen atoms in total. The summed E-state index contributed by atoms with van der Waals surface area (Å²) in [5, 5.41) is 6.86. The van der Waals surface area contributed by atoms with Crippen molar-refractivity contribution in [2.45, 2.75) is 30.8 Å². The van der Waals surface area contributed by atoms with Gasteiger partial charge in [0.2, 0.25) is 0 Å². The first-order chi connectivity index (χ1) is 10.5. The number of hydrogen-bond donors (Lipinski definition) is 2. The summed E-state index contributed by atoms with van der Waals surface area (Å²) in [5.74, 6) is 1.81. The summed E-state index contributed by atoms with van der Waals surface area (Å²) < 4.78 is 38.0. The normalized spacial score (nSPS) is 19.3. The Hall–Kier alpha value is -1.37. The highest BCUT2D eigenvalue weighted by molar-refractivity contribution is 8.00. The Bertz CT molecular complexity index is 511. The topological polar surface area (TPSA) is 36.4 Å². The van der Waals surface area contributed by atoms with Crippen LogP contribution in [0.25, 0.3) is 0 Å². The standard InChI is InChI=1S/C15H20F3N3S/c1-19-14(21-10-13-6-3-7-22-13)20-9-11-4-2-5-12(8-11)15(16,17)18/h2,4-5,8,13H,3,6-7,9-10H2,1H3,(H2,19,20,21). The Morgan fingerprint density at radius 3 is 2.82 bits per heavy atom. The Balaban J connectivity index is 1.85. The third kappa shape index (κ3) is 5.12. The first kappa shape index (κ1) is 17.0. The van der Waals surface area contributed by atoms with Gasteiger partial charge in [0.25, 0.3) is 0 Å². The van der Waals surface area contributed by atoms with Crippen LogP contribution in [0.4, 0.5) is 13.2 Å². The van der Waals surface area contributed by atoms with E-state index >= 15 is 0 Å². The van der Waals surface area contributed by atoms with Crippen molar-refractivity contribution < 1.29 is 13.2 Å². The molecule has 1 aliphatic rings. The van der Waals surface area contributed by atoms with Crippen molar-refractivity contribution in [3.8, 4) is 0 Å². The first-order valence-corrected chi connectivity index (χ1v) is 8.26. The second-order valence-corrected chi connectivity index (χ2v) is 6.55. The third-order valence-corrected chi connectivity index (χ3v) is 4.86. The van der Waals surface area contributed by atoms with Gasteiger partial charge in [0.1, 0.15) is 0 Å². The fourth-order valence-electron chi connectivity index (χ4n) is 2.28. The second kappa shape index (κ2) is 7.76. The van der Waals surface area contributed by atoms with Gasteiger partial charge < -0.3 is 10.6 Å². The maximum absolute atomic E-state index is 12.7. The van der Waals surface area contributed by atoms with Crippen LogP contribution in [0.3, 0.4) is 0 Å². The van der Waals surface area contributed by atoms with E-state index < -0.39 is 11.7 Å². The number of benzene rings is 1. The first-order valence-electron chi connectivity index (χ1n) is 7.21. The van der Waals surface area contributed by atoms with Gasteiger partial charge in [-0.15, -0.1) is 0 Å². The number of guanidine groups is 1. The number of nitrogens with zero attached hydrogens (tertiary/aromatic N) is 1. The lowest BCUT2D eigenvalue weighted by molar-refractivity contribution is -0.137. The zero-order chi connectivity index (χ0) is 16.0. The predicted octanol–water partition coefficient (Wildman–Crippen LogP) is 3.27. The number of aliphatic imine (C=N–C) groups is 1. The molecule has 2 N–H and O–H groups in total. The molecule has 1 fully saturated rings. The van der Waals surface area contributed by atoms with Crippen LogP contribution in [0.15, 0.2) is 29.3 Å². The molecule has 0 aliphatic carbocycles. The van der Waals surface area contributed by atoms with Gasteiger partial charge in [-0.3, -0.25) is 4.99 Å². The maximum Gasteiger partial charge on any atom is 0.416 e. The van der Waals surface area contributed by atoms with Gasteiger partial charge in [0, 0.05) is 25.4 Å². The van der Waals surface area contributed by atoms with Crippen LogP contribution in [0.2, 0.25) is 0 Å². The van der Waals surface area contributed by atoms with Gasteiger partial charge in [-0.2, -0.15) is 24.9 Å². The van der Waals surface area contributed by atoms with Crippen LogP contribution < -0.4 is 10.6 Å². The number of halogens is 3. The predicted molar refractivity (Wildman–Crippen MR) is 85.1 cm³/mol. The summed E-state index contributed by atoms with van der Waals surface area (Å²) in [6.07, 6.45) is -1.87. The minimum absolute atomic E-state index is 0.307. The van der Waals surface area contributed by atoms with Crippen LogP contribution >= 0.6 is 11.8 Å². The molecule has 122 valence electrons. The quantitative estimate of drug-likeness (QED) is 0.657. The van der Waals surface area contributed by atoms with Crippen LogP contribution in [0.5, 0.6) is 0 Å². The molecule has 0 amide bonds. The molecule has 0 radical (unpaired) electrons. The number of rotatable bonds is 4. The molecule has 0 bridgehead atoms. The van der Waals surface area contributed by atoms with Gasteiger partial charge in [-0.05, 0) is 36.3 Å². The molecule has 1 unspecified atom stereocenters. The number of thioether (sulfide) groups is 1.